The molecule has 1 aromatic heterocycles. The molecule has 1 aliphatic carbocycles. The molecule has 2 rings (SSSR count). The molecule has 1 heterocycles. The number of carbonyl (C=O) groups is 1. The van der Waals surface area contributed by atoms with Crippen LogP contribution in [0.15, 0.2) is 12.3 Å². The topological polar surface area (TPSA) is 68.2 Å². The molecule has 0 aromatic carbocycles. The van der Waals surface area contributed by atoms with Gasteiger partial charge in [0.15, 0.2) is 0 Å². The average molecular weight is 250 g/mol. The van der Waals surface area contributed by atoms with Crippen LogP contribution >= 0.6 is 0 Å². The Kier molecular flexibility index (Phi) is 2.81. The van der Waals surface area contributed by atoms with Gasteiger partial charge >= 0.3 is 0 Å². The molecule has 0 radical (unpaired) electrons. The van der Waals surface area contributed by atoms with E-state index in [2.05, 4.69) is 13.8 Å². The predicted molar refractivity (Wildman–Crippen MR) is 70.0 cm³/mol. The lowest BCUT2D eigenvalue weighted by molar-refractivity contribution is -0.125. The van der Waals surface area contributed by atoms with Crippen molar-refractivity contribution in [3.8, 4) is 0 Å². The molecule has 0 fully saturated rings. The fourth-order valence-electron chi connectivity index (χ4n) is 2.77. The van der Waals surface area contributed by atoms with E-state index in [1.807, 2.05) is 30.7 Å². The molecule has 4 heteroatoms. The zero-order valence-electron chi connectivity index (χ0n) is 11.5. The number of nitrogens with zero attached hydrogens (tertiary/aromatic N) is 1. The number of aromatic nitrogens is 1. The smallest absolute Gasteiger partial charge is 0.243 e. The second-order valence-electron chi connectivity index (χ2n) is 6.57. The lowest BCUT2D eigenvalue weighted by Gasteiger charge is -2.36. The minimum atomic E-state index is -0.763. The Morgan fingerprint density at radius 2 is 2.17 bits per heavy atom. The first kappa shape index (κ1) is 13.1. The number of amides is 1. The summed E-state index contributed by atoms with van der Waals surface area (Å²) >= 11 is 0. The van der Waals surface area contributed by atoms with Crippen LogP contribution in [0.4, 0.5) is 0 Å². The van der Waals surface area contributed by atoms with Crippen molar-refractivity contribution in [3.05, 3.63) is 23.5 Å². The second-order valence-corrected chi connectivity index (χ2v) is 6.57. The Hall–Kier alpha value is -1.29. The van der Waals surface area contributed by atoms with E-state index in [4.69, 9.17) is 5.73 Å². The number of aliphatic hydroxyl groups is 1. The quantitative estimate of drug-likeness (QED) is 0.839. The summed E-state index contributed by atoms with van der Waals surface area (Å²) in [4.78, 5) is 11.6. The lowest BCUT2D eigenvalue weighted by atomic mass is 9.75. The fourth-order valence-corrected chi connectivity index (χ4v) is 2.77. The van der Waals surface area contributed by atoms with Gasteiger partial charge in [0.05, 0.1) is 6.10 Å². The molecule has 1 amide bonds. The fraction of sp³-hybridized carbons (Fsp3) is 0.643. The van der Waals surface area contributed by atoms with Gasteiger partial charge in [-0.25, -0.2) is 0 Å². The molecule has 1 aromatic rings. The maximum absolute atomic E-state index is 11.6. The SMILES string of the molecule is CC1(C)Cc2c(ccn2C(C)(C)C(N)=O)C(O)C1. The predicted octanol–water partition coefficient (Wildman–Crippen LogP) is 1.71. The molecule has 0 saturated carbocycles. The number of hydrogen-bond acceptors (Lipinski definition) is 2. The zero-order valence-corrected chi connectivity index (χ0v) is 11.5. The Morgan fingerprint density at radius 3 is 2.72 bits per heavy atom. The molecule has 1 unspecified atom stereocenters. The summed E-state index contributed by atoms with van der Waals surface area (Å²) in [5.41, 5.74) is 6.71. The summed E-state index contributed by atoms with van der Waals surface area (Å²) in [6.07, 6.45) is 3.01. The van der Waals surface area contributed by atoms with Crippen molar-refractivity contribution in [2.45, 2.75) is 52.2 Å². The first-order valence-electron chi connectivity index (χ1n) is 6.34. The molecule has 1 atom stereocenters. The van der Waals surface area contributed by atoms with Crippen LogP contribution in [-0.2, 0) is 16.8 Å². The van der Waals surface area contributed by atoms with Gasteiger partial charge in [-0.1, -0.05) is 13.8 Å². The van der Waals surface area contributed by atoms with Crippen molar-refractivity contribution >= 4 is 5.91 Å². The van der Waals surface area contributed by atoms with Crippen LogP contribution in [0.1, 0.15) is 51.5 Å². The average Bonchev–Trinajstić information content (AvgIpc) is 2.59. The number of primary amides is 1. The van der Waals surface area contributed by atoms with Crippen LogP contribution in [0.2, 0.25) is 0 Å². The molecule has 0 saturated heterocycles. The van der Waals surface area contributed by atoms with Gasteiger partial charge in [0.2, 0.25) is 5.91 Å². The minimum Gasteiger partial charge on any atom is -0.388 e. The summed E-state index contributed by atoms with van der Waals surface area (Å²) in [5.74, 6) is -0.362. The zero-order chi connectivity index (χ0) is 13.7. The molecule has 4 nitrogen and oxygen atoms in total. The third-order valence-electron chi connectivity index (χ3n) is 3.98. The van der Waals surface area contributed by atoms with Crippen LogP contribution in [0.25, 0.3) is 0 Å². The highest BCUT2D eigenvalue weighted by Gasteiger charge is 2.37. The molecule has 18 heavy (non-hydrogen) atoms. The van der Waals surface area contributed by atoms with Gasteiger partial charge in [0.1, 0.15) is 5.54 Å². The summed E-state index contributed by atoms with van der Waals surface area (Å²) in [6, 6.07) is 1.90. The van der Waals surface area contributed by atoms with Crippen molar-refractivity contribution < 1.29 is 9.90 Å². The molecule has 0 spiro atoms. The largest absolute Gasteiger partial charge is 0.388 e. The number of carbonyl (C=O) groups excluding carboxylic acids is 1. The number of nitrogens with two attached hydrogens (primary N) is 1. The van der Waals surface area contributed by atoms with Crippen molar-refractivity contribution in [3.63, 3.8) is 0 Å². The van der Waals surface area contributed by atoms with Crippen molar-refractivity contribution in [2.75, 3.05) is 0 Å². The molecular weight excluding hydrogens is 228 g/mol. The summed E-state index contributed by atoms with van der Waals surface area (Å²) in [5, 5.41) is 10.2. The molecular formula is C14H22N2O2. The van der Waals surface area contributed by atoms with E-state index in [9.17, 15) is 9.90 Å². The first-order chi connectivity index (χ1) is 8.15. The van der Waals surface area contributed by atoms with Gasteiger partial charge in [-0.15, -0.1) is 0 Å². The van der Waals surface area contributed by atoms with Gasteiger partial charge in [-0.2, -0.15) is 0 Å². The van der Waals surface area contributed by atoms with Crippen LogP contribution in [0.5, 0.6) is 0 Å². The lowest BCUT2D eigenvalue weighted by Crippen LogP contribution is -2.42. The molecule has 0 bridgehead atoms. The maximum atomic E-state index is 11.6. The molecule has 1 aliphatic rings. The Balaban J connectivity index is 2.52. The van der Waals surface area contributed by atoms with Crippen LogP contribution in [-0.4, -0.2) is 15.6 Å². The maximum Gasteiger partial charge on any atom is 0.243 e. The van der Waals surface area contributed by atoms with E-state index in [-0.39, 0.29) is 11.3 Å². The first-order valence-corrected chi connectivity index (χ1v) is 6.34. The Bertz CT molecular complexity index is 486. The van der Waals surface area contributed by atoms with E-state index in [1.54, 1.807) is 0 Å². The van der Waals surface area contributed by atoms with E-state index < -0.39 is 11.6 Å². The Labute approximate surface area is 108 Å². The van der Waals surface area contributed by atoms with Gasteiger partial charge in [0.25, 0.3) is 0 Å². The minimum absolute atomic E-state index is 0.0379. The van der Waals surface area contributed by atoms with Crippen molar-refractivity contribution in [2.24, 2.45) is 11.1 Å². The normalized spacial score (nSPS) is 22.6. The second kappa shape index (κ2) is 3.85. The van der Waals surface area contributed by atoms with Crippen LogP contribution in [0, 0.1) is 5.41 Å². The van der Waals surface area contributed by atoms with Gasteiger partial charge in [-0.3, -0.25) is 4.79 Å². The highest BCUT2D eigenvalue weighted by molar-refractivity contribution is 5.82. The van der Waals surface area contributed by atoms with Crippen molar-refractivity contribution in [1.29, 1.82) is 0 Å². The van der Waals surface area contributed by atoms with Gasteiger partial charge in [0, 0.05) is 17.5 Å². The summed E-state index contributed by atoms with van der Waals surface area (Å²) < 4.78 is 1.91. The summed E-state index contributed by atoms with van der Waals surface area (Å²) in [6.45, 7) is 7.88. The third kappa shape index (κ3) is 1.94. The highest BCUT2D eigenvalue weighted by Crippen LogP contribution is 2.42. The highest BCUT2D eigenvalue weighted by atomic mass is 16.3. The van der Waals surface area contributed by atoms with Crippen molar-refractivity contribution in [1.82, 2.24) is 4.57 Å². The number of aliphatic hydroxyl groups excluding tert-OH is 1. The Morgan fingerprint density at radius 1 is 1.56 bits per heavy atom. The summed E-state index contributed by atoms with van der Waals surface area (Å²) in [7, 11) is 0. The number of hydrogen-bond donors (Lipinski definition) is 2. The van der Waals surface area contributed by atoms with Gasteiger partial charge < -0.3 is 15.4 Å². The monoisotopic (exact) mass is 250 g/mol. The van der Waals surface area contributed by atoms with E-state index in [1.165, 1.54) is 0 Å². The van der Waals surface area contributed by atoms with Gasteiger partial charge in [-0.05, 0) is 38.2 Å². The number of fused-ring (bicyclic) bond motifs is 1. The van der Waals surface area contributed by atoms with E-state index in [0.29, 0.717) is 0 Å². The van der Waals surface area contributed by atoms with Crippen LogP contribution in [0.3, 0.4) is 0 Å². The molecule has 0 aliphatic heterocycles. The van der Waals surface area contributed by atoms with E-state index in [0.717, 1.165) is 24.1 Å². The molecule has 3 N–H and O–H groups in total. The van der Waals surface area contributed by atoms with Crippen LogP contribution < -0.4 is 5.73 Å². The van der Waals surface area contributed by atoms with E-state index >= 15 is 0 Å². The number of rotatable bonds is 2. The third-order valence-corrected chi connectivity index (χ3v) is 3.98. The molecule has 100 valence electrons. The standard InChI is InChI=1S/C14H22N2O2/c1-13(2)7-10-9(11(17)8-13)5-6-16(10)14(3,4)12(15)18/h5-6,11,17H,7-8H2,1-4H3,(H2,15,18).